The van der Waals surface area contributed by atoms with Crippen molar-refractivity contribution in [2.75, 3.05) is 53.4 Å². The van der Waals surface area contributed by atoms with Gasteiger partial charge in [0.2, 0.25) is 0 Å². The van der Waals surface area contributed by atoms with E-state index in [1.165, 1.54) is 46.0 Å². The van der Waals surface area contributed by atoms with E-state index in [1.807, 2.05) is 7.05 Å². The highest BCUT2D eigenvalue weighted by Gasteiger charge is 2.27. The summed E-state index contributed by atoms with van der Waals surface area (Å²) in [7, 11) is 3.32. The number of carbonyl (C=O) groups excluding carboxylic acids is 1. The van der Waals surface area contributed by atoms with E-state index >= 15 is 0 Å². The van der Waals surface area contributed by atoms with Crippen LogP contribution in [0.2, 0.25) is 0 Å². The highest BCUT2D eigenvalue weighted by molar-refractivity contribution is 14.0. The molecule has 2 aliphatic heterocycles. The minimum atomic E-state index is -0.0727. The van der Waals surface area contributed by atoms with Gasteiger partial charge in [0.05, 0.1) is 13.0 Å². The minimum absolute atomic E-state index is 0. The molecule has 2 fully saturated rings. The maximum atomic E-state index is 11.6. The highest BCUT2D eigenvalue weighted by atomic mass is 127. The summed E-state index contributed by atoms with van der Waals surface area (Å²) in [6, 6.07) is 0. The summed E-state index contributed by atoms with van der Waals surface area (Å²) in [5, 5.41) is 3.55. The number of piperidine rings is 2. The molecule has 6 nitrogen and oxygen atoms in total. The summed E-state index contributed by atoms with van der Waals surface area (Å²) in [6.45, 7) is 8.68. The van der Waals surface area contributed by atoms with Gasteiger partial charge in [-0.15, -0.1) is 24.0 Å². The Morgan fingerprint density at radius 1 is 1.16 bits per heavy atom. The molecular weight excluding hydrogens is 431 g/mol. The SMILES string of the molecule is CCCN1CCC(CNC(=NC)N2CCC(C(=O)OC)CC2)CC1.I. The fraction of sp³-hybridized carbons (Fsp3) is 0.889. The number of nitrogens with zero attached hydrogens (tertiary/aromatic N) is 3. The second-order valence-electron chi connectivity index (χ2n) is 7.00. The lowest BCUT2D eigenvalue weighted by Crippen LogP contribution is -2.48. The van der Waals surface area contributed by atoms with Gasteiger partial charge >= 0.3 is 5.97 Å². The quantitative estimate of drug-likeness (QED) is 0.292. The number of esters is 1. The molecular formula is C18H35IN4O2. The maximum Gasteiger partial charge on any atom is 0.308 e. The molecule has 25 heavy (non-hydrogen) atoms. The summed E-state index contributed by atoms with van der Waals surface area (Å²) in [4.78, 5) is 20.9. The van der Waals surface area contributed by atoms with Crippen LogP contribution in [0.15, 0.2) is 4.99 Å². The van der Waals surface area contributed by atoms with Crippen molar-refractivity contribution >= 4 is 35.9 Å². The lowest BCUT2D eigenvalue weighted by Gasteiger charge is -2.35. The predicted molar refractivity (Wildman–Crippen MR) is 113 cm³/mol. The third-order valence-electron chi connectivity index (χ3n) is 5.34. The third-order valence-corrected chi connectivity index (χ3v) is 5.34. The van der Waals surface area contributed by atoms with E-state index in [2.05, 4.69) is 27.0 Å². The Hall–Kier alpha value is -0.570. The number of aliphatic imine (C=N–C) groups is 1. The van der Waals surface area contributed by atoms with E-state index in [0.29, 0.717) is 0 Å². The number of methoxy groups -OCH3 is 1. The van der Waals surface area contributed by atoms with Gasteiger partial charge in [-0.25, -0.2) is 0 Å². The molecule has 0 atom stereocenters. The average Bonchev–Trinajstić information content (AvgIpc) is 2.63. The molecule has 7 heteroatoms. The first-order valence-electron chi connectivity index (χ1n) is 9.43. The number of hydrogen-bond acceptors (Lipinski definition) is 4. The predicted octanol–water partition coefficient (Wildman–Crippen LogP) is 2.19. The Labute approximate surface area is 169 Å². The van der Waals surface area contributed by atoms with Crippen LogP contribution in [-0.4, -0.2) is 75.2 Å². The number of nitrogens with one attached hydrogen (secondary N) is 1. The van der Waals surface area contributed by atoms with Crippen LogP contribution in [0.25, 0.3) is 0 Å². The van der Waals surface area contributed by atoms with Gasteiger partial charge in [-0.1, -0.05) is 6.92 Å². The van der Waals surface area contributed by atoms with Gasteiger partial charge in [0.25, 0.3) is 0 Å². The van der Waals surface area contributed by atoms with Gasteiger partial charge in [0.15, 0.2) is 5.96 Å². The lowest BCUT2D eigenvalue weighted by molar-refractivity contribution is -0.146. The van der Waals surface area contributed by atoms with Crippen molar-refractivity contribution in [1.82, 2.24) is 15.1 Å². The molecule has 2 aliphatic rings. The Morgan fingerprint density at radius 3 is 2.32 bits per heavy atom. The van der Waals surface area contributed by atoms with Crippen LogP contribution < -0.4 is 5.32 Å². The molecule has 0 amide bonds. The van der Waals surface area contributed by atoms with Crippen molar-refractivity contribution in [1.29, 1.82) is 0 Å². The van der Waals surface area contributed by atoms with Crippen molar-refractivity contribution in [3.8, 4) is 0 Å². The largest absolute Gasteiger partial charge is 0.469 e. The fourth-order valence-corrected chi connectivity index (χ4v) is 3.79. The summed E-state index contributed by atoms with van der Waals surface area (Å²) >= 11 is 0. The molecule has 0 spiro atoms. The normalized spacial score (nSPS) is 20.9. The molecule has 0 aromatic rings. The Bertz CT molecular complexity index is 417. The molecule has 0 aliphatic carbocycles. The number of rotatable bonds is 5. The standard InChI is InChI=1S/C18H34N4O2.HI/c1-4-9-21-10-5-15(6-11-21)14-20-18(19-2)22-12-7-16(8-13-22)17(23)24-3;/h15-16H,4-14H2,1-3H3,(H,19,20);1H. The Balaban J connectivity index is 0.00000312. The van der Waals surface area contributed by atoms with Crippen molar-refractivity contribution in [3.63, 3.8) is 0 Å². The van der Waals surface area contributed by atoms with Crippen LogP contribution in [0.3, 0.4) is 0 Å². The monoisotopic (exact) mass is 466 g/mol. The second kappa shape index (κ2) is 11.9. The zero-order valence-electron chi connectivity index (χ0n) is 16.0. The van der Waals surface area contributed by atoms with Gasteiger partial charge in [-0.05, 0) is 57.7 Å². The van der Waals surface area contributed by atoms with E-state index in [9.17, 15) is 4.79 Å². The zero-order chi connectivity index (χ0) is 17.4. The van der Waals surface area contributed by atoms with Crippen LogP contribution in [0.5, 0.6) is 0 Å². The van der Waals surface area contributed by atoms with Crippen LogP contribution in [0, 0.1) is 11.8 Å². The molecule has 0 saturated carbocycles. The summed E-state index contributed by atoms with van der Waals surface area (Å²) in [5.41, 5.74) is 0. The lowest BCUT2D eigenvalue weighted by atomic mass is 9.96. The first-order valence-corrected chi connectivity index (χ1v) is 9.43. The zero-order valence-corrected chi connectivity index (χ0v) is 18.3. The van der Waals surface area contributed by atoms with Crippen molar-refractivity contribution < 1.29 is 9.53 Å². The first-order chi connectivity index (χ1) is 11.7. The van der Waals surface area contributed by atoms with Crippen molar-refractivity contribution in [3.05, 3.63) is 0 Å². The van der Waals surface area contributed by atoms with E-state index < -0.39 is 0 Å². The number of hydrogen-bond donors (Lipinski definition) is 1. The first kappa shape index (κ1) is 22.5. The van der Waals surface area contributed by atoms with Crippen LogP contribution in [0.1, 0.15) is 39.0 Å². The van der Waals surface area contributed by atoms with E-state index in [4.69, 9.17) is 4.74 Å². The van der Waals surface area contributed by atoms with Crippen molar-refractivity contribution in [2.45, 2.75) is 39.0 Å². The van der Waals surface area contributed by atoms with Crippen LogP contribution in [0.4, 0.5) is 0 Å². The van der Waals surface area contributed by atoms with Crippen LogP contribution in [-0.2, 0) is 9.53 Å². The number of carbonyl (C=O) groups is 1. The molecule has 0 unspecified atom stereocenters. The number of halogens is 1. The Morgan fingerprint density at radius 2 is 1.80 bits per heavy atom. The highest BCUT2D eigenvalue weighted by Crippen LogP contribution is 2.19. The van der Waals surface area contributed by atoms with Crippen molar-refractivity contribution in [2.24, 2.45) is 16.8 Å². The molecule has 2 saturated heterocycles. The van der Waals surface area contributed by atoms with E-state index in [1.54, 1.807) is 0 Å². The van der Waals surface area contributed by atoms with Gasteiger partial charge in [-0.3, -0.25) is 9.79 Å². The van der Waals surface area contributed by atoms with Gasteiger partial charge in [0, 0.05) is 26.7 Å². The van der Waals surface area contributed by atoms with Gasteiger partial charge < -0.3 is 19.9 Å². The van der Waals surface area contributed by atoms with E-state index in [0.717, 1.165) is 44.4 Å². The smallest absolute Gasteiger partial charge is 0.308 e. The summed E-state index contributed by atoms with van der Waals surface area (Å²) in [6.07, 6.45) is 5.49. The maximum absolute atomic E-state index is 11.6. The number of guanidine groups is 1. The Kier molecular flexibility index (Phi) is 10.7. The molecule has 2 heterocycles. The molecule has 0 aromatic carbocycles. The molecule has 0 radical (unpaired) electrons. The minimum Gasteiger partial charge on any atom is -0.469 e. The van der Waals surface area contributed by atoms with Crippen LogP contribution >= 0.6 is 24.0 Å². The average molecular weight is 466 g/mol. The topological polar surface area (TPSA) is 57.2 Å². The molecule has 0 aromatic heterocycles. The molecule has 0 bridgehead atoms. The molecule has 146 valence electrons. The summed E-state index contributed by atoms with van der Waals surface area (Å²) < 4.78 is 4.86. The summed E-state index contributed by atoms with van der Waals surface area (Å²) in [5.74, 6) is 1.69. The number of likely N-dealkylation sites (tertiary alicyclic amines) is 2. The third kappa shape index (κ3) is 6.92. The molecule has 1 N–H and O–H groups in total. The van der Waals surface area contributed by atoms with Gasteiger partial charge in [-0.2, -0.15) is 0 Å². The van der Waals surface area contributed by atoms with Gasteiger partial charge in [0.1, 0.15) is 0 Å². The number of ether oxygens (including phenoxy) is 1. The van der Waals surface area contributed by atoms with E-state index in [-0.39, 0.29) is 35.9 Å². The second-order valence-corrected chi connectivity index (χ2v) is 7.00. The molecule has 2 rings (SSSR count). The fourth-order valence-electron chi connectivity index (χ4n) is 3.79.